The molecule has 0 saturated carbocycles. The summed E-state index contributed by atoms with van der Waals surface area (Å²) in [5.74, 6) is -0.953. The molecule has 2 aliphatic rings. The van der Waals surface area contributed by atoms with Gasteiger partial charge < -0.3 is 25.8 Å². The number of amides is 2. The molecular weight excluding hydrogens is 527 g/mol. The summed E-state index contributed by atoms with van der Waals surface area (Å²) >= 11 is 0. The number of aromatic carboxylic acids is 1. The summed E-state index contributed by atoms with van der Waals surface area (Å²) in [4.78, 5) is 39.0. The molecule has 0 radical (unpaired) electrons. The highest BCUT2D eigenvalue weighted by atomic mass is 19.1. The highest BCUT2D eigenvalue weighted by Gasteiger charge is 2.51. The molecule has 41 heavy (non-hydrogen) atoms. The van der Waals surface area contributed by atoms with Gasteiger partial charge in [-0.2, -0.15) is 0 Å². The Morgan fingerprint density at radius 3 is 2.59 bits per heavy atom. The number of nitrogens with one attached hydrogen (secondary N) is 3. The van der Waals surface area contributed by atoms with E-state index < -0.39 is 17.3 Å². The number of carboxylic acid groups (broad SMARTS) is 1. The van der Waals surface area contributed by atoms with Crippen LogP contribution in [0.1, 0.15) is 54.6 Å². The number of halogens is 1. The SMILES string of the molecule is CCNc1cc(F)cc2c1NC(=O)C2(C)N1CCC(c2ccccc2Oc2ccc(C(=O)O)cc2)C(NC(C)=O)C1. The maximum absolute atomic E-state index is 14.7. The minimum absolute atomic E-state index is 0.137. The van der Waals surface area contributed by atoms with Crippen LogP contribution in [-0.2, 0) is 15.1 Å². The van der Waals surface area contributed by atoms with E-state index in [0.717, 1.165) is 5.56 Å². The maximum Gasteiger partial charge on any atom is 0.335 e. The van der Waals surface area contributed by atoms with E-state index in [0.29, 0.717) is 54.5 Å². The predicted molar refractivity (Wildman–Crippen MR) is 153 cm³/mol. The Morgan fingerprint density at radius 1 is 1.17 bits per heavy atom. The lowest BCUT2D eigenvalue weighted by molar-refractivity contribution is -0.128. The van der Waals surface area contributed by atoms with Crippen LogP contribution in [-0.4, -0.2) is 53.5 Å². The van der Waals surface area contributed by atoms with Crippen molar-refractivity contribution in [2.24, 2.45) is 0 Å². The molecular formula is C31H33FN4O5. The van der Waals surface area contributed by atoms with Gasteiger partial charge in [0.2, 0.25) is 11.8 Å². The van der Waals surface area contributed by atoms with Crippen LogP contribution in [0.5, 0.6) is 11.5 Å². The molecule has 0 spiro atoms. The summed E-state index contributed by atoms with van der Waals surface area (Å²) in [6.45, 7) is 6.60. The molecule has 3 unspecified atom stereocenters. The van der Waals surface area contributed by atoms with Gasteiger partial charge in [-0.3, -0.25) is 14.5 Å². The fourth-order valence-electron chi connectivity index (χ4n) is 5.94. The van der Waals surface area contributed by atoms with E-state index in [4.69, 9.17) is 4.74 Å². The van der Waals surface area contributed by atoms with Gasteiger partial charge in [-0.05, 0) is 62.7 Å². The van der Waals surface area contributed by atoms with Crippen LogP contribution in [0.2, 0.25) is 0 Å². The number of likely N-dealkylation sites (tertiary alicyclic amines) is 1. The van der Waals surface area contributed by atoms with Crippen LogP contribution in [0.3, 0.4) is 0 Å². The minimum Gasteiger partial charge on any atom is -0.478 e. The number of carboxylic acids is 1. The van der Waals surface area contributed by atoms with Crippen LogP contribution >= 0.6 is 0 Å². The van der Waals surface area contributed by atoms with Crippen molar-refractivity contribution in [2.75, 3.05) is 30.3 Å². The molecule has 2 amide bonds. The van der Waals surface area contributed by atoms with Gasteiger partial charge in [-0.1, -0.05) is 18.2 Å². The largest absolute Gasteiger partial charge is 0.478 e. The molecule has 1 fully saturated rings. The van der Waals surface area contributed by atoms with Gasteiger partial charge in [0.25, 0.3) is 0 Å². The minimum atomic E-state index is -1.13. The Morgan fingerprint density at radius 2 is 1.90 bits per heavy atom. The van der Waals surface area contributed by atoms with Crippen molar-refractivity contribution in [2.45, 2.75) is 44.7 Å². The van der Waals surface area contributed by atoms with E-state index >= 15 is 0 Å². The molecule has 3 aromatic rings. The molecule has 4 N–H and O–H groups in total. The molecule has 2 heterocycles. The summed E-state index contributed by atoms with van der Waals surface area (Å²) in [5, 5.41) is 18.4. The molecule has 1 saturated heterocycles. The number of benzene rings is 3. The number of hydrogen-bond acceptors (Lipinski definition) is 6. The molecule has 0 aromatic heterocycles. The van der Waals surface area contributed by atoms with E-state index in [1.165, 1.54) is 31.2 Å². The van der Waals surface area contributed by atoms with E-state index in [9.17, 15) is 23.9 Å². The Labute approximate surface area is 237 Å². The zero-order valence-corrected chi connectivity index (χ0v) is 23.2. The fourth-order valence-corrected chi connectivity index (χ4v) is 5.94. The second kappa shape index (κ2) is 11.2. The molecule has 3 aromatic carbocycles. The monoisotopic (exact) mass is 560 g/mol. The van der Waals surface area contributed by atoms with Crippen LogP contribution in [0, 0.1) is 5.82 Å². The topological polar surface area (TPSA) is 120 Å². The Bertz CT molecular complexity index is 1490. The third-order valence-electron chi connectivity index (χ3n) is 7.96. The van der Waals surface area contributed by atoms with Gasteiger partial charge in [0.05, 0.1) is 16.9 Å². The number of para-hydroxylation sites is 1. The molecule has 10 heteroatoms. The van der Waals surface area contributed by atoms with Crippen molar-refractivity contribution in [1.82, 2.24) is 10.2 Å². The molecule has 0 aliphatic carbocycles. The van der Waals surface area contributed by atoms with Gasteiger partial charge >= 0.3 is 5.97 Å². The summed E-state index contributed by atoms with van der Waals surface area (Å²) in [6, 6.07) is 16.1. The summed E-state index contributed by atoms with van der Waals surface area (Å²) < 4.78 is 20.9. The zero-order chi connectivity index (χ0) is 29.3. The van der Waals surface area contributed by atoms with Crippen molar-refractivity contribution in [3.8, 4) is 11.5 Å². The standard InChI is InChI=1S/C31H33FN4O5/c1-4-33-25-16-20(32)15-24-28(25)35-30(40)31(24,3)36-14-13-22(26(17-36)34-18(2)37)23-7-5-6-8-27(23)41-21-11-9-19(10-12-21)29(38)39/h5-12,15-16,22,26,33H,4,13-14,17H2,1-3H3,(H,34,37)(H,35,40)(H,38,39). The van der Waals surface area contributed by atoms with Crippen molar-refractivity contribution < 1.29 is 28.6 Å². The van der Waals surface area contributed by atoms with Crippen LogP contribution in [0.4, 0.5) is 15.8 Å². The maximum atomic E-state index is 14.7. The van der Waals surface area contributed by atoms with E-state index in [2.05, 4.69) is 16.0 Å². The summed E-state index contributed by atoms with van der Waals surface area (Å²) in [7, 11) is 0. The number of fused-ring (bicyclic) bond motifs is 1. The number of carbonyl (C=O) groups excluding carboxylic acids is 2. The third kappa shape index (κ3) is 5.35. The van der Waals surface area contributed by atoms with Gasteiger partial charge in [-0.15, -0.1) is 0 Å². The number of hydrogen-bond donors (Lipinski definition) is 4. The quantitative estimate of drug-likeness (QED) is 0.309. The lowest BCUT2D eigenvalue weighted by Crippen LogP contribution is -2.59. The highest BCUT2D eigenvalue weighted by molar-refractivity contribution is 6.08. The van der Waals surface area contributed by atoms with Crippen LogP contribution in [0.15, 0.2) is 60.7 Å². The lowest BCUT2D eigenvalue weighted by Gasteiger charge is -2.45. The Balaban J connectivity index is 1.45. The first kappa shape index (κ1) is 28.1. The van der Waals surface area contributed by atoms with Crippen molar-refractivity contribution in [3.63, 3.8) is 0 Å². The second-order valence-electron chi connectivity index (χ2n) is 10.6. The normalized spacial score (nSPS) is 22.0. The first-order valence-electron chi connectivity index (χ1n) is 13.6. The first-order chi connectivity index (χ1) is 19.6. The molecule has 0 bridgehead atoms. The molecule has 9 nitrogen and oxygen atoms in total. The molecule has 3 atom stereocenters. The number of anilines is 2. The third-order valence-corrected chi connectivity index (χ3v) is 7.96. The number of piperidine rings is 1. The Hall–Kier alpha value is -4.44. The smallest absolute Gasteiger partial charge is 0.335 e. The van der Waals surface area contributed by atoms with E-state index in [1.54, 1.807) is 19.1 Å². The number of ether oxygens (including phenoxy) is 1. The average molecular weight is 561 g/mol. The predicted octanol–water partition coefficient (Wildman–Crippen LogP) is 4.91. The number of rotatable bonds is 8. The molecule has 2 aliphatic heterocycles. The van der Waals surface area contributed by atoms with Gasteiger partial charge in [0.15, 0.2) is 0 Å². The van der Waals surface area contributed by atoms with Gasteiger partial charge in [0, 0.05) is 49.6 Å². The van der Waals surface area contributed by atoms with E-state index in [1.807, 2.05) is 36.1 Å². The highest BCUT2D eigenvalue weighted by Crippen LogP contribution is 2.47. The fraction of sp³-hybridized carbons (Fsp3) is 0.323. The zero-order valence-electron chi connectivity index (χ0n) is 23.2. The van der Waals surface area contributed by atoms with Crippen molar-refractivity contribution in [3.05, 3.63) is 83.2 Å². The average Bonchev–Trinajstić information content (AvgIpc) is 3.20. The summed E-state index contributed by atoms with van der Waals surface area (Å²) in [5.41, 5.74) is 1.59. The van der Waals surface area contributed by atoms with Crippen LogP contribution in [0.25, 0.3) is 0 Å². The number of carbonyl (C=O) groups is 3. The first-order valence-corrected chi connectivity index (χ1v) is 13.6. The van der Waals surface area contributed by atoms with E-state index in [-0.39, 0.29) is 29.3 Å². The van der Waals surface area contributed by atoms with Crippen molar-refractivity contribution in [1.29, 1.82) is 0 Å². The summed E-state index contributed by atoms with van der Waals surface area (Å²) in [6.07, 6.45) is 0.594. The lowest BCUT2D eigenvalue weighted by atomic mass is 9.81. The molecule has 5 rings (SSSR count). The number of nitrogens with zero attached hydrogens (tertiary/aromatic N) is 1. The second-order valence-corrected chi connectivity index (χ2v) is 10.6. The van der Waals surface area contributed by atoms with Gasteiger partial charge in [-0.25, -0.2) is 9.18 Å². The molecule has 214 valence electrons. The van der Waals surface area contributed by atoms with Crippen LogP contribution < -0.4 is 20.7 Å². The van der Waals surface area contributed by atoms with Gasteiger partial charge in [0.1, 0.15) is 22.9 Å². The Kier molecular flexibility index (Phi) is 7.68. The van der Waals surface area contributed by atoms with Crippen molar-refractivity contribution >= 4 is 29.2 Å².